The van der Waals surface area contributed by atoms with Crippen LogP contribution in [0, 0.1) is 13.8 Å². The SMILES string of the molecule is Cc1ccc(-c2nc(-c3ccc(C)cc3)nc(-c3cccc(-c4cccc5c(-c6ccccc6)nc6ccccc6c45)c3)n2)cc1. The molecule has 0 fully saturated rings. The molecule has 2 heterocycles. The van der Waals surface area contributed by atoms with E-state index in [1.165, 1.54) is 16.5 Å². The van der Waals surface area contributed by atoms with Crippen LogP contribution in [0.25, 0.3) is 78.2 Å². The number of pyridine rings is 1. The van der Waals surface area contributed by atoms with Gasteiger partial charge in [-0.15, -0.1) is 0 Å². The summed E-state index contributed by atoms with van der Waals surface area (Å²) in [4.78, 5) is 20.1. The van der Waals surface area contributed by atoms with Crippen molar-refractivity contribution in [2.75, 3.05) is 0 Å². The molecule has 0 radical (unpaired) electrons. The van der Waals surface area contributed by atoms with E-state index in [0.717, 1.165) is 55.4 Å². The van der Waals surface area contributed by atoms with Gasteiger partial charge in [-0.25, -0.2) is 19.9 Å². The molecule has 6 aromatic carbocycles. The molecule has 46 heavy (non-hydrogen) atoms. The summed E-state index contributed by atoms with van der Waals surface area (Å²) in [5, 5.41) is 3.43. The van der Waals surface area contributed by atoms with Crippen molar-refractivity contribution in [2.45, 2.75) is 13.8 Å². The predicted molar refractivity (Wildman–Crippen MR) is 189 cm³/mol. The number of nitrogens with zero attached hydrogens (tertiary/aromatic N) is 4. The summed E-state index contributed by atoms with van der Waals surface area (Å²) in [5.41, 5.74) is 10.5. The summed E-state index contributed by atoms with van der Waals surface area (Å²) >= 11 is 0. The van der Waals surface area contributed by atoms with Gasteiger partial charge in [-0.2, -0.15) is 0 Å². The number of aromatic nitrogens is 4. The third-order valence-corrected chi connectivity index (χ3v) is 8.46. The number of benzene rings is 6. The first kappa shape index (κ1) is 27.5. The molecule has 0 aliphatic carbocycles. The zero-order valence-corrected chi connectivity index (χ0v) is 25.6. The highest BCUT2D eigenvalue weighted by atomic mass is 15.0. The number of hydrogen-bond donors (Lipinski definition) is 0. The fraction of sp³-hybridized carbons (Fsp3) is 0.0476. The van der Waals surface area contributed by atoms with Gasteiger partial charge < -0.3 is 0 Å². The molecule has 218 valence electrons. The van der Waals surface area contributed by atoms with E-state index in [1.807, 2.05) is 6.07 Å². The molecule has 8 rings (SSSR count). The van der Waals surface area contributed by atoms with Gasteiger partial charge in [0, 0.05) is 38.4 Å². The first-order valence-corrected chi connectivity index (χ1v) is 15.5. The van der Waals surface area contributed by atoms with Crippen molar-refractivity contribution in [1.29, 1.82) is 0 Å². The van der Waals surface area contributed by atoms with E-state index in [-0.39, 0.29) is 0 Å². The van der Waals surface area contributed by atoms with Crippen LogP contribution in [0.1, 0.15) is 11.1 Å². The molecule has 2 aromatic heterocycles. The molecule has 0 aliphatic rings. The Labute approximate surface area is 268 Å². The number of rotatable bonds is 5. The highest BCUT2D eigenvalue weighted by Crippen LogP contribution is 2.39. The zero-order chi connectivity index (χ0) is 31.0. The molecule has 8 aromatic rings. The summed E-state index contributed by atoms with van der Waals surface area (Å²) < 4.78 is 0. The Hall–Kier alpha value is -6.00. The van der Waals surface area contributed by atoms with Gasteiger partial charge in [0.1, 0.15) is 0 Å². The Morgan fingerprint density at radius 2 is 0.891 bits per heavy atom. The molecule has 0 amide bonds. The third kappa shape index (κ3) is 5.10. The van der Waals surface area contributed by atoms with E-state index in [9.17, 15) is 0 Å². The minimum absolute atomic E-state index is 0.639. The second-order valence-corrected chi connectivity index (χ2v) is 11.7. The first-order chi connectivity index (χ1) is 22.6. The van der Waals surface area contributed by atoms with Crippen molar-refractivity contribution >= 4 is 21.7 Å². The van der Waals surface area contributed by atoms with E-state index in [4.69, 9.17) is 19.9 Å². The highest BCUT2D eigenvalue weighted by molar-refractivity contribution is 6.17. The second kappa shape index (κ2) is 11.5. The summed E-state index contributed by atoms with van der Waals surface area (Å²) in [7, 11) is 0. The summed E-state index contributed by atoms with van der Waals surface area (Å²) in [6.07, 6.45) is 0. The maximum Gasteiger partial charge on any atom is 0.164 e. The van der Waals surface area contributed by atoms with Crippen LogP contribution in [0.2, 0.25) is 0 Å². The van der Waals surface area contributed by atoms with Crippen LogP contribution in [0.5, 0.6) is 0 Å². The Morgan fingerprint density at radius 1 is 0.370 bits per heavy atom. The van der Waals surface area contributed by atoms with E-state index in [2.05, 4.69) is 153 Å². The number of hydrogen-bond acceptors (Lipinski definition) is 4. The lowest BCUT2D eigenvalue weighted by Crippen LogP contribution is -2.00. The number of fused-ring (bicyclic) bond motifs is 3. The van der Waals surface area contributed by atoms with Crippen molar-refractivity contribution < 1.29 is 0 Å². The lowest BCUT2D eigenvalue weighted by molar-refractivity contribution is 1.07. The van der Waals surface area contributed by atoms with Gasteiger partial charge in [-0.1, -0.05) is 145 Å². The molecule has 0 saturated carbocycles. The zero-order valence-electron chi connectivity index (χ0n) is 25.6. The highest BCUT2D eigenvalue weighted by Gasteiger charge is 2.16. The molecule has 0 aliphatic heterocycles. The standard InChI is InChI=1S/C42H30N4/c1-27-18-22-30(23-19-27)40-44-41(31-24-20-28(2)21-25-31)46-42(45-40)33-13-8-12-32(26-33)34-15-9-16-36-38(34)35-14-6-7-17-37(35)43-39(36)29-10-4-3-5-11-29/h3-26H,1-2H3. The van der Waals surface area contributed by atoms with Gasteiger partial charge in [0.15, 0.2) is 17.5 Å². The van der Waals surface area contributed by atoms with Crippen molar-refractivity contribution in [3.63, 3.8) is 0 Å². The largest absolute Gasteiger partial charge is 0.247 e. The van der Waals surface area contributed by atoms with Gasteiger partial charge in [0.05, 0.1) is 11.2 Å². The van der Waals surface area contributed by atoms with E-state index >= 15 is 0 Å². The second-order valence-electron chi connectivity index (χ2n) is 11.7. The van der Waals surface area contributed by atoms with Crippen LogP contribution in [-0.2, 0) is 0 Å². The van der Waals surface area contributed by atoms with Crippen molar-refractivity contribution in [1.82, 2.24) is 19.9 Å². The van der Waals surface area contributed by atoms with Crippen LogP contribution in [-0.4, -0.2) is 19.9 Å². The van der Waals surface area contributed by atoms with Crippen LogP contribution < -0.4 is 0 Å². The topological polar surface area (TPSA) is 51.6 Å². The number of para-hydroxylation sites is 1. The van der Waals surface area contributed by atoms with Crippen LogP contribution in [0.3, 0.4) is 0 Å². The molecule has 4 heteroatoms. The summed E-state index contributed by atoms with van der Waals surface area (Å²) in [5.74, 6) is 1.95. The van der Waals surface area contributed by atoms with Gasteiger partial charge >= 0.3 is 0 Å². The van der Waals surface area contributed by atoms with E-state index < -0.39 is 0 Å². The number of aryl methyl sites for hydroxylation is 2. The smallest absolute Gasteiger partial charge is 0.164 e. The predicted octanol–water partition coefficient (Wildman–Crippen LogP) is 10.5. The molecule has 0 bridgehead atoms. The van der Waals surface area contributed by atoms with E-state index in [0.29, 0.717) is 17.5 Å². The molecule has 4 nitrogen and oxygen atoms in total. The molecule has 0 spiro atoms. The Bertz CT molecular complexity index is 2300. The van der Waals surface area contributed by atoms with Crippen LogP contribution in [0.4, 0.5) is 0 Å². The minimum Gasteiger partial charge on any atom is -0.247 e. The fourth-order valence-corrected chi connectivity index (χ4v) is 6.05. The quantitative estimate of drug-likeness (QED) is 0.187. The fourth-order valence-electron chi connectivity index (χ4n) is 6.05. The van der Waals surface area contributed by atoms with Gasteiger partial charge in [-0.05, 0) is 37.1 Å². The van der Waals surface area contributed by atoms with Gasteiger partial charge in [0.2, 0.25) is 0 Å². The Morgan fingerprint density at radius 3 is 1.57 bits per heavy atom. The van der Waals surface area contributed by atoms with Gasteiger partial charge in [0.25, 0.3) is 0 Å². The molecular weight excluding hydrogens is 560 g/mol. The Balaban J connectivity index is 1.33. The molecule has 0 N–H and O–H groups in total. The normalized spacial score (nSPS) is 11.3. The van der Waals surface area contributed by atoms with Crippen molar-refractivity contribution in [3.8, 4) is 56.5 Å². The van der Waals surface area contributed by atoms with E-state index in [1.54, 1.807) is 0 Å². The molecule has 0 unspecified atom stereocenters. The Kier molecular flexibility index (Phi) is 6.88. The summed E-state index contributed by atoms with van der Waals surface area (Å²) in [6, 6.07) is 50.5. The minimum atomic E-state index is 0.639. The lowest BCUT2D eigenvalue weighted by Gasteiger charge is -2.15. The average molecular weight is 591 g/mol. The first-order valence-electron chi connectivity index (χ1n) is 15.5. The lowest BCUT2D eigenvalue weighted by atomic mass is 9.92. The molecular formula is C42H30N4. The van der Waals surface area contributed by atoms with Crippen molar-refractivity contribution in [3.05, 3.63) is 157 Å². The van der Waals surface area contributed by atoms with Crippen molar-refractivity contribution in [2.24, 2.45) is 0 Å². The van der Waals surface area contributed by atoms with Crippen LogP contribution >= 0.6 is 0 Å². The third-order valence-electron chi connectivity index (χ3n) is 8.46. The maximum atomic E-state index is 5.13. The monoisotopic (exact) mass is 590 g/mol. The van der Waals surface area contributed by atoms with Gasteiger partial charge in [-0.3, -0.25) is 0 Å². The molecule has 0 saturated heterocycles. The summed E-state index contributed by atoms with van der Waals surface area (Å²) in [6.45, 7) is 4.17. The molecule has 0 atom stereocenters. The maximum absolute atomic E-state index is 5.13. The van der Waals surface area contributed by atoms with Crippen LogP contribution in [0.15, 0.2) is 146 Å². The average Bonchev–Trinajstić information content (AvgIpc) is 3.12.